The van der Waals surface area contributed by atoms with Gasteiger partial charge in [-0.1, -0.05) is 54.3 Å². The van der Waals surface area contributed by atoms with Crippen molar-refractivity contribution in [3.63, 3.8) is 0 Å². The summed E-state index contributed by atoms with van der Waals surface area (Å²) in [5.74, 6) is 6.36. The van der Waals surface area contributed by atoms with Gasteiger partial charge in [-0.2, -0.15) is 0 Å². The molecule has 11 nitrogen and oxygen atoms in total. The van der Waals surface area contributed by atoms with E-state index < -0.39 is 26.5 Å². The minimum absolute atomic E-state index is 0.142. The van der Waals surface area contributed by atoms with Crippen molar-refractivity contribution < 1.29 is 23.2 Å². The number of carbonyl (C=O) groups is 1. The van der Waals surface area contributed by atoms with Crippen molar-refractivity contribution in [1.29, 1.82) is 0 Å². The van der Waals surface area contributed by atoms with Crippen LogP contribution in [0.25, 0.3) is 0 Å². The van der Waals surface area contributed by atoms with E-state index in [4.69, 9.17) is 0 Å². The van der Waals surface area contributed by atoms with Gasteiger partial charge in [0.15, 0.2) is 0 Å². The summed E-state index contributed by atoms with van der Waals surface area (Å²) in [4.78, 5) is 29.4. The Morgan fingerprint density at radius 3 is 2.32 bits per heavy atom. The minimum atomic E-state index is -4.40. The van der Waals surface area contributed by atoms with Crippen LogP contribution in [0.2, 0.25) is 0 Å². The predicted molar refractivity (Wildman–Crippen MR) is 208 cm³/mol. The number of phenols is 1. The third-order valence-corrected chi connectivity index (χ3v) is 10.9. The third-order valence-electron chi connectivity index (χ3n) is 8.60. The molecule has 1 fully saturated rings. The maximum atomic E-state index is 13.1. The van der Waals surface area contributed by atoms with Gasteiger partial charge in [-0.25, -0.2) is 13.1 Å². The number of anilines is 2. The van der Waals surface area contributed by atoms with E-state index in [0.717, 1.165) is 66.1 Å². The predicted octanol–water partition coefficient (Wildman–Crippen LogP) is 6.35. The Kier molecular flexibility index (Phi) is 12.0. The number of nitrogens with zero attached hydrogens (tertiary/aromatic N) is 3. The van der Waals surface area contributed by atoms with E-state index >= 15 is 0 Å². The van der Waals surface area contributed by atoms with Crippen LogP contribution in [0.5, 0.6) is 5.75 Å². The lowest BCUT2D eigenvalue weighted by Gasteiger charge is -2.36. The van der Waals surface area contributed by atoms with Crippen molar-refractivity contribution in [2.45, 2.75) is 16.3 Å². The van der Waals surface area contributed by atoms with Gasteiger partial charge in [-0.15, -0.1) is 11.8 Å². The first-order valence-corrected chi connectivity index (χ1v) is 19.4. The largest absolute Gasteiger partial charge is 0.508 e. The molecule has 13 heteroatoms. The molecule has 3 N–H and O–H groups in total. The lowest BCUT2D eigenvalue weighted by Crippen LogP contribution is -2.46. The Bertz CT molecular complexity index is 2250. The summed E-state index contributed by atoms with van der Waals surface area (Å²) >= 11 is 1.59. The third kappa shape index (κ3) is 9.95. The highest BCUT2D eigenvalue weighted by molar-refractivity contribution is 7.99. The van der Waals surface area contributed by atoms with Gasteiger partial charge in [-0.05, 0) is 78.4 Å². The van der Waals surface area contributed by atoms with Gasteiger partial charge in [0.2, 0.25) is 0 Å². The normalized spacial score (nSPS) is 13.1. The number of thioether (sulfide) groups is 1. The molecule has 0 spiro atoms. The van der Waals surface area contributed by atoms with Gasteiger partial charge < -0.3 is 15.3 Å². The first kappa shape index (κ1) is 37.0. The Morgan fingerprint density at radius 2 is 1.58 bits per heavy atom. The van der Waals surface area contributed by atoms with E-state index in [1.165, 1.54) is 12.1 Å². The Hall–Kier alpha value is -5.81. The van der Waals surface area contributed by atoms with Crippen LogP contribution in [0, 0.1) is 22.0 Å². The van der Waals surface area contributed by atoms with Crippen molar-refractivity contribution >= 4 is 44.8 Å². The van der Waals surface area contributed by atoms with Crippen molar-refractivity contribution in [3.05, 3.63) is 154 Å². The Balaban J connectivity index is 1.02. The molecule has 1 saturated heterocycles. The number of nitrogens with one attached hydrogen (secondary N) is 2. The first-order valence-electron chi connectivity index (χ1n) is 16.9. The van der Waals surface area contributed by atoms with Gasteiger partial charge in [0, 0.05) is 78.4 Å². The number of hydrogen-bond acceptors (Lipinski definition) is 10. The fourth-order valence-electron chi connectivity index (χ4n) is 5.82. The highest BCUT2D eigenvalue weighted by Gasteiger charge is 2.24. The summed E-state index contributed by atoms with van der Waals surface area (Å²) < 4.78 is 28.3. The fourth-order valence-corrected chi connectivity index (χ4v) is 7.61. The van der Waals surface area contributed by atoms with Crippen LogP contribution in [-0.4, -0.2) is 67.7 Å². The number of benzene rings is 5. The van der Waals surface area contributed by atoms with Crippen molar-refractivity contribution in [3.8, 4) is 17.6 Å². The second kappa shape index (κ2) is 17.1. The number of aromatic hydroxyl groups is 1. The average Bonchev–Trinajstić information content (AvgIpc) is 3.17. The molecular formula is C40H37N5O6S2. The summed E-state index contributed by atoms with van der Waals surface area (Å²) in [5, 5.41) is 24.6. The second-order valence-corrected chi connectivity index (χ2v) is 15.1. The quantitative estimate of drug-likeness (QED) is 0.0435. The van der Waals surface area contributed by atoms with Crippen LogP contribution in [0.15, 0.2) is 131 Å². The molecular weight excluding hydrogens is 711 g/mol. The lowest BCUT2D eigenvalue weighted by atomic mass is 10.1. The van der Waals surface area contributed by atoms with Crippen LogP contribution in [-0.2, 0) is 16.6 Å². The standard InChI is InChI=1S/C40H37N5O6S2/c46-35-10-6-7-30(27-35)13-14-31-8-4-5-9-33(31)29-43-22-24-44(25-23-43)34-17-15-32(16-18-34)40(47)42-53(50,51)37-19-20-38(39(28-37)45(48)49)41-21-26-52-36-11-2-1-3-12-36/h1-12,15-20,27-28,41,46H,21-26,29H2,(H,42,47). The lowest BCUT2D eigenvalue weighted by molar-refractivity contribution is -0.384. The zero-order chi connectivity index (χ0) is 37.2. The summed E-state index contributed by atoms with van der Waals surface area (Å²) in [6, 6.07) is 34.9. The number of sulfonamides is 1. The van der Waals surface area contributed by atoms with E-state index in [1.807, 2.05) is 59.3 Å². The number of nitro benzene ring substituents is 1. The molecule has 270 valence electrons. The maximum Gasteiger partial charge on any atom is 0.293 e. The van der Waals surface area contributed by atoms with Crippen molar-refractivity contribution in [1.82, 2.24) is 9.62 Å². The summed E-state index contributed by atoms with van der Waals surface area (Å²) in [6.45, 7) is 4.29. The molecule has 53 heavy (non-hydrogen) atoms. The molecule has 0 aliphatic carbocycles. The molecule has 0 unspecified atom stereocenters. The Labute approximate surface area is 312 Å². The molecule has 1 aliphatic heterocycles. The highest BCUT2D eigenvalue weighted by Crippen LogP contribution is 2.28. The summed E-state index contributed by atoms with van der Waals surface area (Å²) in [7, 11) is -4.40. The molecule has 5 aromatic carbocycles. The van der Waals surface area contributed by atoms with Gasteiger partial charge in [-0.3, -0.25) is 19.8 Å². The van der Waals surface area contributed by atoms with E-state index in [2.05, 4.69) is 33.0 Å². The number of piperazine rings is 1. The smallest absolute Gasteiger partial charge is 0.293 e. The number of rotatable bonds is 12. The van der Waals surface area contributed by atoms with Crippen LogP contribution < -0.4 is 14.9 Å². The maximum absolute atomic E-state index is 13.1. The summed E-state index contributed by atoms with van der Waals surface area (Å²) in [5.41, 5.74) is 3.63. The molecule has 0 aromatic heterocycles. The molecule has 5 aromatic rings. The molecule has 0 saturated carbocycles. The van der Waals surface area contributed by atoms with Crippen LogP contribution in [0.3, 0.4) is 0 Å². The number of hydrogen-bond donors (Lipinski definition) is 3. The average molecular weight is 748 g/mol. The molecule has 0 atom stereocenters. The van der Waals surface area contributed by atoms with Crippen molar-refractivity contribution in [2.75, 3.05) is 48.7 Å². The van der Waals surface area contributed by atoms with Gasteiger partial charge in [0.05, 0.1) is 9.82 Å². The van der Waals surface area contributed by atoms with E-state index in [9.17, 15) is 28.4 Å². The second-order valence-electron chi connectivity index (χ2n) is 12.2. The number of nitro groups is 1. The number of phenolic OH excluding ortho intramolecular Hbond substituents is 1. The first-order chi connectivity index (χ1) is 25.6. The topological polar surface area (TPSA) is 145 Å². The zero-order valence-electron chi connectivity index (χ0n) is 28.6. The molecule has 1 heterocycles. The molecule has 0 radical (unpaired) electrons. The minimum Gasteiger partial charge on any atom is -0.508 e. The van der Waals surface area contributed by atoms with Gasteiger partial charge in [0.1, 0.15) is 11.4 Å². The SMILES string of the molecule is O=C(NS(=O)(=O)c1ccc(NCCSc2ccccc2)c([N+](=O)[O-])c1)c1ccc(N2CCN(Cc3ccccc3C#Cc3cccc(O)c3)CC2)cc1. The van der Waals surface area contributed by atoms with Crippen LogP contribution in [0.1, 0.15) is 27.0 Å². The van der Waals surface area contributed by atoms with Crippen LogP contribution >= 0.6 is 11.8 Å². The molecule has 1 aliphatic rings. The fraction of sp³-hybridized carbons (Fsp3) is 0.175. The summed E-state index contributed by atoms with van der Waals surface area (Å²) in [6.07, 6.45) is 0. The molecule has 1 amide bonds. The molecule has 0 bridgehead atoms. The Morgan fingerprint density at radius 1 is 0.849 bits per heavy atom. The van der Waals surface area contributed by atoms with E-state index in [0.29, 0.717) is 12.3 Å². The van der Waals surface area contributed by atoms with Crippen molar-refractivity contribution in [2.24, 2.45) is 0 Å². The number of amides is 1. The van der Waals surface area contributed by atoms with Crippen LogP contribution in [0.4, 0.5) is 17.1 Å². The molecule has 6 rings (SSSR count). The van der Waals surface area contributed by atoms with Gasteiger partial charge >= 0.3 is 0 Å². The number of carbonyl (C=O) groups excluding carboxylic acids is 1. The van der Waals surface area contributed by atoms with Gasteiger partial charge in [0.25, 0.3) is 21.6 Å². The highest BCUT2D eigenvalue weighted by atomic mass is 32.2. The monoisotopic (exact) mass is 747 g/mol. The zero-order valence-corrected chi connectivity index (χ0v) is 30.3. The van der Waals surface area contributed by atoms with E-state index in [1.54, 1.807) is 54.2 Å². The van der Waals surface area contributed by atoms with E-state index in [-0.39, 0.29) is 21.9 Å².